The largest absolute Gasteiger partial charge is 0.469 e. The minimum atomic E-state index is -0.317. The zero-order valence-corrected chi connectivity index (χ0v) is 14.7. The smallest absolute Gasteiger partial charge is 0.309 e. The Kier molecular flexibility index (Phi) is 4.12. The van der Waals surface area contributed by atoms with Crippen molar-refractivity contribution in [3.05, 3.63) is 76.5 Å². The van der Waals surface area contributed by atoms with Crippen molar-refractivity contribution >= 4 is 22.6 Å². The fourth-order valence-corrected chi connectivity index (χ4v) is 3.32. The normalized spacial score (nSPS) is 11.0. The molecule has 27 heavy (non-hydrogen) atoms. The molecule has 0 atom stereocenters. The fourth-order valence-electron chi connectivity index (χ4n) is 3.32. The van der Waals surface area contributed by atoms with Crippen LogP contribution in [-0.4, -0.2) is 13.1 Å². The van der Waals surface area contributed by atoms with Gasteiger partial charge in [0, 0.05) is 34.3 Å². The van der Waals surface area contributed by atoms with Crippen LogP contribution in [0.25, 0.3) is 33.4 Å². The topological polar surface area (TPSA) is 82.5 Å². The van der Waals surface area contributed by atoms with Gasteiger partial charge in [-0.1, -0.05) is 24.3 Å². The summed E-state index contributed by atoms with van der Waals surface area (Å²) in [5, 5.41) is 0.854. The Balaban J connectivity index is 2.09. The van der Waals surface area contributed by atoms with E-state index in [1.54, 1.807) is 18.2 Å². The Morgan fingerprint density at radius 2 is 1.85 bits per heavy atom. The minimum absolute atomic E-state index is 0.136. The van der Waals surface area contributed by atoms with Gasteiger partial charge in [-0.2, -0.15) is 0 Å². The molecule has 0 unspecified atom stereocenters. The van der Waals surface area contributed by atoms with Crippen LogP contribution >= 0.6 is 0 Å². The molecule has 2 aliphatic rings. The Bertz CT molecular complexity index is 1190. The van der Waals surface area contributed by atoms with Crippen molar-refractivity contribution in [2.24, 2.45) is 0 Å². The highest BCUT2D eigenvalue weighted by Crippen LogP contribution is 2.41. The van der Waals surface area contributed by atoms with E-state index in [-0.39, 0.29) is 17.8 Å². The van der Waals surface area contributed by atoms with Gasteiger partial charge in [-0.15, -0.1) is 0 Å². The van der Waals surface area contributed by atoms with Gasteiger partial charge in [-0.25, -0.2) is 0 Å². The van der Waals surface area contributed by atoms with Crippen LogP contribution < -0.4 is 11.2 Å². The maximum atomic E-state index is 11.9. The average molecular weight is 359 g/mol. The first-order valence-electron chi connectivity index (χ1n) is 8.48. The molecule has 1 aliphatic carbocycles. The molecule has 0 radical (unpaired) electrons. The zero-order chi connectivity index (χ0) is 19.0. The molecule has 0 amide bonds. The van der Waals surface area contributed by atoms with Crippen LogP contribution in [0.1, 0.15) is 5.56 Å². The summed E-state index contributed by atoms with van der Waals surface area (Å²) in [6, 6.07) is 17.8. The molecule has 4 rings (SSSR count). The monoisotopic (exact) mass is 359 g/mol. The predicted octanol–water partition coefficient (Wildman–Crippen LogP) is 3.86. The molecule has 2 aromatic carbocycles. The second-order valence-electron chi connectivity index (χ2n) is 6.30. The molecule has 2 aromatic rings. The molecule has 0 saturated heterocycles. The van der Waals surface area contributed by atoms with Gasteiger partial charge < -0.3 is 14.9 Å². The average Bonchev–Trinajstić information content (AvgIpc) is 2.66. The van der Waals surface area contributed by atoms with E-state index in [0.717, 1.165) is 27.6 Å². The van der Waals surface area contributed by atoms with Crippen LogP contribution in [0.5, 0.6) is 0 Å². The Morgan fingerprint density at radius 1 is 1.04 bits per heavy atom. The van der Waals surface area contributed by atoms with E-state index in [1.807, 2.05) is 30.3 Å². The molecular formula is C22H17NO4. The zero-order valence-electron chi connectivity index (χ0n) is 14.7. The van der Waals surface area contributed by atoms with Crippen molar-refractivity contribution in [3.63, 3.8) is 0 Å². The number of nitrogens with two attached hydrogens (primary N) is 1. The summed E-state index contributed by atoms with van der Waals surface area (Å²) >= 11 is 0. The van der Waals surface area contributed by atoms with Gasteiger partial charge in [0.1, 0.15) is 11.3 Å². The predicted molar refractivity (Wildman–Crippen MR) is 105 cm³/mol. The van der Waals surface area contributed by atoms with Crippen molar-refractivity contribution in [2.45, 2.75) is 6.42 Å². The van der Waals surface area contributed by atoms with Crippen molar-refractivity contribution in [3.8, 4) is 22.5 Å². The van der Waals surface area contributed by atoms with Crippen molar-refractivity contribution in [2.75, 3.05) is 12.8 Å². The number of esters is 1. The van der Waals surface area contributed by atoms with Crippen LogP contribution in [0.15, 0.2) is 69.9 Å². The molecule has 0 aromatic heterocycles. The summed E-state index contributed by atoms with van der Waals surface area (Å²) in [4.78, 5) is 23.7. The first-order valence-corrected chi connectivity index (χ1v) is 8.48. The number of carbonyl (C=O) groups excluding carboxylic acids is 1. The number of nitrogen functional groups attached to an aromatic ring is 1. The van der Waals surface area contributed by atoms with E-state index in [9.17, 15) is 9.59 Å². The number of benzene rings is 3. The third-order valence-electron chi connectivity index (χ3n) is 4.57. The highest BCUT2D eigenvalue weighted by atomic mass is 16.5. The third kappa shape index (κ3) is 3.04. The lowest BCUT2D eigenvalue weighted by Crippen LogP contribution is -2.06. The van der Waals surface area contributed by atoms with Gasteiger partial charge in [0.15, 0.2) is 5.43 Å². The number of hydrogen-bond acceptors (Lipinski definition) is 5. The van der Waals surface area contributed by atoms with E-state index in [1.165, 1.54) is 19.2 Å². The second kappa shape index (κ2) is 6.61. The van der Waals surface area contributed by atoms with E-state index in [4.69, 9.17) is 14.9 Å². The summed E-state index contributed by atoms with van der Waals surface area (Å²) in [5.41, 5.74) is 10.3. The first-order chi connectivity index (χ1) is 13.1. The van der Waals surface area contributed by atoms with Crippen LogP contribution in [0.2, 0.25) is 0 Å². The maximum Gasteiger partial charge on any atom is 0.309 e. The lowest BCUT2D eigenvalue weighted by Gasteiger charge is -2.17. The van der Waals surface area contributed by atoms with Gasteiger partial charge >= 0.3 is 5.97 Å². The summed E-state index contributed by atoms with van der Waals surface area (Å²) in [6.07, 6.45) is 0.149. The molecule has 5 nitrogen and oxygen atoms in total. The van der Waals surface area contributed by atoms with Gasteiger partial charge in [0.25, 0.3) is 0 Å². The highest BCUT2D eigenvalue weighted by molar-refractivity contribution is 6.03. The summed E-state index contributed by atoms with van der Waals surface area (Å²) in [7, 11) is 1.37. The number of hydrogen-bond donors (Lipinski definition) is 1. The molecule has 2 N–H and O–H groups in total. The molecule has 1 heterocycles. The molecule has 0 saturated carbocycles. The van der Waals surface area contributed by atoms with Crippen molar-refractivity contribution < 1.29 is 13.9 Å². The van der Waals surface area contributed by atoms with E-state index < -0.39 is 0 Å². The van der Waals surface area contributed by atoms with Crippen LogP contribution in [0.3, 0.4) is 0 Å². The molecule has 1 aliphatic heterocycles. The number of ether oxygens (including phenoxy) is 1. The quantitative estimate of drug-likeness (QED) is 0.341. The van der Waals surface area contributed by atoms with E-state index >= 15 is 0 Å². The lowest BCUT2D eigenvalue weighted by molar-refractivity contribution is -0.139. The van der Waals surface area contributed by atoms with Gasteiger partial charge in [0.2, 0.25) is 0 Å². The Hall–Kier alpha value is -3.60. The van der Waals surface area contributed by atoms with Crippen LogP contribution in [0, 0.1) is 0 Å². The molecular weight excluding hydrogens is 342 g/mol. The van der Waals surface area contributed by atoms with E-state index in [0.29, 0.717) is 17.0 Å². The molecule has 0 bridgehead atoms. The first kappa shape index (κ1) is 16.8. The Labute approximate surface area is 155 Å². The fraction of sp³-hybridized carbons (Fsp3) is 0.0909. The number of methoxy groups -OCH3 is 1. The number of anilines is 1. The summed E-state index contributed by atoms with van der Waals surface area (Å²) < 4.78 is 10.8. The second-order valence-corrected chi connectivity index (χ2v) is 6.30. The molecule has 5 heteroatoms. The molecule has 0 spiro atoms. The molecule has 134 valence electrons. The van der Waals surface area contributed by atoms with Gasteiger partial charge in [-0.05, 0) is 35.4 Å². The summed E-state index contributed by atoms with van der Waals surface area (Å²) in [6.45, 7) is 0. The van der Waals surface area contributed by atoms with Gasteiger partial charge in [-0.3, -0.25) is 9.59 Å². The number of fused-ring (bicyclic) bond motifs is 2. The SMILES string of the molecule is COC(=O)Cc1ccccc1-c1c2ccc(=O)cc-2oc2cc(N)ccc12. The third-order valence-corrected chi connectivity index (χ3v) is 4.57. The number of rotatable bonds is 3. The van der Waals surface area contributed by atoms with Crippen molar-refractivity contribution in [1.29, 1.82) is 0 Å². The molecule has 0 fully saturated rings. The van der Waals surface area contributed by atoms with Crippen LogP contribution in [0.4, 0.5) is 5.69 Å². The lowest BCUT2D eigenvalue weighted by atomic mass is 9.90. The van der Waals surface area contributed by atoms with Crippen LogP contribution in [-0.2, 0) is 16.0 Å². The summed E-state index contributed by atoms with van der Waals surface area (Å²) in [5.74, 6) is 0.159. The number of carbonyl (C=O) groups is 1. The maximum absolute atomic E-state index is 11.9. The standard InChI is InChI=1S/C22H17NO4/c1-26-21(25)10-13-4-2-3-5-16(13)22-17-8-6-14(23)11-19(17)27-20-12-15(24)7-9-18(20)22/h2-9,11-12H,10,23H2,1H3. The minimum Gasteiger partial charge on any atom is -0.469 e. The van der Waals surface area contributed by atoms with E-state index in [2.05, 4.69) is 0 Å². The van der Waals surface area contributed by atoms with Crippen molar-refractivity contribution in [1.82, 2.24) is 0 Å². The highest BCUT2D eigenvalue weighted by Gasteiger charge is 2.20. The Morgan fingerprint density at radius 3 is 2.67 bits per heavy atom. The van der Waals surface area contributed by atoms with Gasteiger partial charge in [0.05, 0.1) is 13.5 Å².